The van der Waals surface area contributed by atoms with Gasteiger partial charge in [-0.3, -0.25) is 4.79 Å². The molecule has 0 aliphatic heterocycles. The van der Waals surface area contributed by atoms with Crippen LogP contribution in [-0.4, -0.2) is 20.7 Å². The number of rotatable bonds is 7. The van der Waals surface area contributed by atoms with Crippen LogP contribution in [0.1, 0.15) is 40.7 Å². The van der Waals surface area contributed by atoms with E-state index in [9.17, 15) is 4.79 Å². The summed E-state index contributed by atoms with van der Waals surface area (Å²) in [6.07, 6.45) is 1.91. The normalized spacial score (nSPS) is 11.0. The van der Waals surface area contributed by atoms with E-state index in [0.29, 0.717) is 0 Å². The van der Waals surface area contributed by atoms with Gasteiger partial charge in [0.15, 0.2) is 0 Å². The Hall–Kier alpha value is -2.96. The van der Waals surface area contributed by atoms with Crippen LogP contribution >= 0.6 is 22.9 Å². The van der Waals surface area contributed by atoms with E-state index in [1.54, 1.807) is 0 Å². The number of amides is 1. The van der Waals surface area contributed by atoms with Crippen LogP contribution in [-0.2, 0) is 24.1 Å². The van der Waals surface area contributed by atoms with E-state index in [-0.39, 0.29) is 12.3 Å². The molecule has 0 unspecified atom stereocenters. The second-order valence-corrected chi connectivity index (χ2v) is 8.97. The van der Waals surface area contributed by atoms with Gasteiger partial charge in [-0.15, -0.1) is 11.3 Å². The smallest absolute Gasteiger partial charge is 0.230 e. The van der Waals surface area contributed by atoms with Crippen molar-refractivity contribution in [2.45, 2.75) is 40.0 Å². The minimum absolute atomic E-state index is 0.0844. The molecule has 4 rings (SSSR count). The molecule has 32 heavy (non-hydrogen) atoms. The molecular formula is C25H25ClN4OS. The fraction of sp³-hybridized carbons (Fsp3) is 0.240. The predicted molar refractivity (Wildman–Crippen MR) is 131 cm³/mol. The van der Waals surface area contributed by atoms with Crippen molar-refractivity contribution >= 4 is 34.5 Å². The van der Waals surface area contributed by atoms with Gasteiger partial charge in [-0.25, -0.2) is 9.67 Å². The average Bonchev–Trinajstić information content (AvgIpc) is 3.35. The number of aryl methyl sites for hydroxylation is 2. The van der Waals surface area contributed by atoms with Crippen LogP contribution in [0.15, 0.2) is 53.9 Å². The van der Waals surface area contributed by atoms with Crippen molar-refractivity contribution in [2.24, 2.45) is 0 Å². The number of anilines is 1. The third kappa shape index (κ3) is 4.92. The highest BCUT2D eigenvalue weighted by Gasteiger charge is 2.17. The molecule has 7 heteroatoms. The van der Waals surface area contributed by atoms with Gasteiger partial charge in [0.05, 0.1) is 17.8 Å². The number of nitrogens with one attached hydrogen (secondary N) is 1. The first kappa shape index (κ1) is 22.2. The zero-order valence-corrected chi connectivity index (χ0v) is 19.9. The molecule has 5 nitrogen and oxygen atoms in total. The van der Waals surface area contributed by atoms with Crippen molar-refractivity contribution in [1.82, 2.24) is 14.8 Å². The van der Waals surface area contributed by atoms with Crippen LogP contribution in [0, 0.1) is 13.8 Å². The van der Waals surface area contributed by atoms with Crippen LogP contribution in [0.4, 0.5) is 5.69 Å². The summed E-state index contributed by atoms with van der Waals surface area (Å²) < 4.78 is 1.86. The number of halogens is 1. The number of carbonyl (C=O) groups excluding carboxylic acids is 1. The maximum absolute atomic E-state index is 12.5. The molecule has 0 radical (unpaired) electrons. The first-order valence-corrected chi connectivity index (χ1v) is 11.8. The Morgan fingerprint density at radius 3 is 2.59 bits per heavy atom. The topological polar surface area (TPSA) is 59.8 Å². The molecule has 0 saturated heterocycles. The Labute approximate surface area is 197 Å². The van der Waals surface area contributed by atoms with Gasteiger partial charge in [-0.1, -0.05) is 48.9 Å². The van der Waals surface area contributed by atoms with E-state index < -0.39 is 0 Å². The van der Waals surface area contributed by atoms with Crippen LogP contribution in [0.2, 0.25) is 5.02 Å². The zero-order chi connectivity index (χ0) is 22.7. The summed E-state index contributed by atoms with van der Waals surface area (Å²) in [5, 5.41) is 11.1. The van der Waals surface area contributed by atoms with Crippen LogP contribution in [0.5, 0.6) is 0 Å². The number of hydrogen-bond acceptors (Lipinski definition) is 4. The van der Waals surface area contributed by atoms with E-state index in [1.807, 2.05) is 72.4 Å². The standard InChI is InChI=1S/C25H25ClN4OS/c1-4-18-9-11-20(12-10-18)27-24(31)14-21-15-32-25(28-21)30-17(3)22(16(2)29-30)13-19-7-5-6-8-23(19)26/h5-12,15H,4,13-14H2,1-3H3,(H,27,31). The minimum atomic E-state index is -0.0844. The second-order valence-electron chi connectivity index (χ2n) is 7.73. The molecule has 0 fully saturated rings. The fourth-order valence-corrected chi connectivity index (χ4v) is 4.65. The van der Waals surface area contributed by atoms with Gasteiger partial charge in [0.2, 0.25) is 11.0 Å². The van der Waals surface area contributed by atoms with Gasteiger partial charge in [0, 0.05) is 33.8 Å². The van der Waals surface area contributed by atoms with E-state index in [2.05, 4.69) is 17.2 Å². The lowest BCUT2D eigenvalue weighted by Gasteiger charge is -2.05. The van der Waals surface area contributed by atoms with Gasteiger partial charge in [0.1, 0.15) is 0 Å². The fourth-order valence-electron chi connectivity index (χ4n) is 3.62. The van der Waals surface area contributed by atoms with Crippen molar-refractivity contribution in [1.29, 1.82) is 0 Å². The summed E-state index contributed by atoms with van der Waals surface area (Å²) in [6, 6.07) is 15.8. The molecule has 2 heterocycles. The molecule has 0 aliphatic carbocycles. The molecule has 0 aliphatic rings. The van der Waals surface area contributed by atoms with Gasteiger partial charge < -0.3 is 5.32 Å². The van der Waals surface area contributed by atoms with E-state index in [1.165, 1.54) is 16.9 Å². The quantitative estimate of drug-likeness (QED) is 0.368. The summed E-state index contributed by atoms with van der Waals surface area (Å²) in [5.74, 6) is -0.0844. The van der Waals surface area contributed by atoms with Crippen molar-refractivity contribution in [3.63, 3.8) is 0 Å². The molecule has 164 valence electrons. The van der Waals surface area contributed by atoms with Crippen LogP contribution in [0.25, 0.3) is 5.13 Å². The molecule has 1 amide bonds. The second kappa shape index (κ2) is 9.67. The summed E-state index contributed by atoms with van der Waals surface area (Å²) in [5.41, 5.74) is 6.96. The van der Waals surface area contributed by atoms with Gasteiger partial charge in [-0.2, -0.15) is 5.10 Å². The van der Waals surface area contributed by atoms with E-state index in [4.69, 9.17) is 16.7 Å². The number of nitrogens with zero attached hydrogens (tertiary/aromatic N) is 3. The highest BCUT2D eigenvalue weighted by molar-refractivity contribution is 7.12. The number of carbonyl (C=O) groups is 1. The van der Waals surface area contributed by atoms with Crippen molar-refractivity contribution in [2.75, 3.05) is 5.32 Å². The monoisotopic (exact) mass is 464 g/mol. The number of thiazole rings is 1. The third-order valence-electron chi connectivity index (χ3n) is 5.47. The largest absolute Gasteiger partial charge is 0.326 e. The highest BCUT2D eigenvalue weighted by atomic mass is 35.5. The van der Waals surface area contributed by atoms with Crippen LogP contribution < -0.4 is 5.32 Å². The van der Waals surface area contributed by atoms with Gasteiger partial charge in [0.25, 0.3) is 0 Å². The molecule has 0 atom stereocenters. The first-order chi connectivity index (χ1) is 15.4. The van der Waals surface area contributed by atoms with Crippen molar-refractivity contribution in [3.8, 4) is 5.13 Å². The van der Waals surface area contributed by atoms with Gasteiger partial charge >= 0.3 is 0 Å². The summed E-state index contributed by atoms with van der Waals surface area (Å²) >= 11 is 7.84. The Balaban J connectivity index is 1.47. The molecule has 0 bridgehead atoms. The lowest BCUT2D eigenvalue weighted by atomic mass is 10.0. The molecule has 4 aromatic rings. The molecule has 2 aromatic heterocycles. The Kier molecular flexibility index (Phi) is 6.72. The number of aromatic nitrogens is 3. The summed E-state index contributed by atoms with van der Waals surface area (Å²) in [7, 11) is 0. The molecule has 0 saturated carbocycles. The lowest BCUT2D eigenvalue weighted by molar-refractivity contribution is -0.115. The molecular weight excluding hydrogens is 440 g/mol. The number of benzene rings is 2. The maximum atomic E-state index is 12.5. The van der Waals surface area contributed by atoms with Crippen molar-refractivity contribution < 1.29 is 4.79 Å². The molecule has 0 spiro atoms. The van der Waals surface area contributed by atoms with E-state index in [0.717, 1.165) is 56.9 Å². The highest BCUT2D eigenvalue weighted by Crippen LogP contribution is 2.26. The van der Waals surface area contributed by atoms with Crippen LogP contribution in [0.3, 0.4) is 0 Å². The maximum Gasteiger partial charge on any atom is 0.230 e. The molecule has 1 N–H and O–H groups in total. The van der Waals surface area contributed by atoms with Crippen molar-refractivity contribution in [3.05, 3.63) is 92.7 Å². The van der Waals surface area contributed by atoms with E-state index >= 15 is 0 Å². The predicted octanol–water partition coefficient (Wildman–Crippen LogP) is 5.93. The Bertz CT molecular complexity index is 1240. The third-order valence-corrected chi connectivity index (χ3v) is 6.71. The summed E-state index contributed by atoms with van der Waals surface area (Å²) in [6.45, 7) is 6.15. The zero-order valence-electron chi connectivity index (χ0n) is 18.4. The van der Waals surface area contributed by atoms with Gasteiger partial charge in [-0.05, 0) is 49.6 Å². The first-order valence-electron chi connectivity index (χ1n) is 10.6. The lowest BCUT2D eigenvalue weighted by Crippen LogP contribution is -2.14. The minimum Gasteiger partial charge on any atom is -0.326 e. The molecule has 2 aromatic carbocycles. The Morgan fingerprint density at radius 2 is 1.88 bits per heavy atom. The SMILES string of the molecule is CCc1ccc(NC(=O)Cc2csc(-n3nc(C)c(Cc4ccccc4Cl)c3C)n2)cc1. The Morgan fingerprint density at radius 1 is 1.12 bits per heavy atom. The average molecular weight is 465 g/mol. The number of hydrogen-bond donors (Lipinski definition) is 1. The summed E-state index contributed by atoms with van der Waals surface area (Å²) in [4.78, 5) is 17.1.